The highest BCUT2D eigenvalue weighted by molar-refractivity contribution is 6.33. The Bertz CT molecular complexity index is 1230. The van der Waals surface area contributed by atoms with E-state index in [9.17, 15) is 0 Å². The van der Waals surface area contributed by atoms with Gasteiger partial charge in [0.2, 0.25) is 11.8 Å². The van der Waals surface area contributed by atoms with Crippen LogP contribution in [0, 0.1) is 13.8 Å². The Morgan fingerprint density at radius 3 is 2.30 bits per heavy atom. The van der Waals surface area contributed by atoms with Crippen LogP contribution in [-0.2, 0) is 0 Å². The zero-order valence-electron chi connectivity index (χ0n) is 18.9. The van der Waals surface area contributed by atoms with Crippen LogP contribution >= 0.6 is 11.6 Å². The van der Waals surface area contributed by atoms with Crippen LogP contribution in [0.3, 0.4) is 0 Å². The zero-order valence-corrected chi connectivity index (χ0v) is 19.7. The lowest BCUT2D eigenvalue weighted by atomic mass is 10.0. The molecule has 1 saturated heterocycles. The van der Waals surface area contributed by atoms with Gasteiger partial charge < -0.3 is 9.32 Å². The van der Waals surface area contributed by atoms with Crippen LogP contribution < -0.4 is 4.90 Å². The Balaban J connectivity index is 1.41. The highest BCUT2D eigenvalue weighted by atomic mass is 35.5. The summed E-state index contributed by atoms with van der Waals surface area (Å²) in [5.74, 6) is 1.04. The third kappa shape index (κ3) is 4.52. The molecule has 1 aliphatic rings. The fourth-order valence-corrected chi connectivity index (χ4v) is 4.83. The first-order valence-corrected chi connectivity index (χ1v) is 11.7. The van der Waals surface area contributed by atoms with E-state index < -0.39 is 0 Å². The molecule has 2 heterocycles. The van der Waals surface area contributed by atoms with E-state index in [2.05, 4.69) is 76.3 Å². The molecule has 6 heteroatoms. The molecule has 4 aromatic rings. The van der Waals surface area contributed by atoms with Crippen LogP contribution in [0.5, 0.6) is 0 Å². The molecule has 0 spiro atoms. The number of rotatable bonds is 5. The summed E-state index contributed by atoms with van der Waals surface area (Å²) in [6.07, 6.45) is 0. The molecule has 33 heavy (non-hydrogen) atoms. The summed E-state index contributed by atoms with van der Waals surface area (Å²) < 4.78 is 6.20. The lowest BCUT2D eigenvalue weighted by Crippen LogP contribution is -2.48. The highest BCUT2D eigenvalue weighted by Gasteiger charge is 2.31. The quantitative estimate of drug-likeness (QED) is 0.371. The third-order valence-electron chi connectivity index (χ3n) is 6.27. The molecule has 0 amide bonds. The van der Waals surface area contributed by atoms with E-state index in [-0.39, 0.29) is 6.04 Å². The minimum Gasteiger partial charge on any atom is -0.419 e. The normalized spacial score (nSPS) is 15.5. The van der Waals surface area contributed by atoms with Gasteiger partial charge >= 0.3 is 0 Å². The molecule has 5 rings (SSSR count). The van der Waals surface area contributed by atoms with Crippen molar-refractivity contribution in [1.29, 1.82) is 0 Å². The lowest BCUT2D eigenvalue weighted by molar-refractivity contribution is 0.188. The standard InChI is InChI=1S/C27H27ClN4O/c1-19-12-13-24(20(2)18-19)31-14-16-32(17-15-31)25(21-8-4-3-5-9-21)27-30-29-26(33-27)22-10-6-7-11-23(22)28/h3-13,18,25H,14-17H2,1-2H3. The topological polar surface area (TPSA) is 45.4 Å². The van der Waals surface area contributed by atoms with Crippen LogP contribution in [0.1, 0.15) is 28.6 Å². The number of piperazine rings is 1. The van der Waals surface area contributed by atoms with Gasteiger partial charge in [0, 0.05) is 31.9 Å². The summed E-state index contributed by atoms with van der Waals surface area (Å²) in [6.45, 7) is 8.02. The summed E-state index contributed by atoms with van der Waals surface area (Å²) in [4.78, 5) is 4.90. The largest absolute Gasteiger partial charge is 0.419 e. The SMILES string of the molecule is Cc1ccc(N2CCN(C(c3ccccc3)c3nnc(-c4ccccc4Cl)o3)CC2)c(C)c1. The molecule has 0 saturated carbocycles. The molecular formula is C27H27ClN4O. The first-order valence-electron chi connectivity index (χ1n) is 11.3. The van der Waals surface area contributed by atoms with Crippen LogP contribution in [0.25, 0.3) is 11.5 Å². The monoisotopic (exact) mass is 458 g/mol. The predicted molar refractivity (Wildman–Crippen MR) is 133 cm³/mol. The predicted octanol–water partition coefficient (Wildman–Crippen LogP) is 5.92. The molecule has 1 atom stereocenters. The van der Waals surface area contributed by atoms with Crippen molar-refractivity contribution in [2.75, 3.05) is 31.1 Å². The third-order valence-corrected chi connectivity index (χ3v) is 6.60. The van der Waals surface area contributed by atoms with Gasteiger partial charge in [-0.1, -0.05) is 71.8 Å². The van der Waals surface area contributed by atoms with E-state index in [0.29, 0.717) is 16.8 Å². The molecule has 1 fully saturated rings. The van der Waals surface area contributed by atoms with E-state index in [1.165, 1.54) is 16.8 Å². The summed E-state index contributed by atoms with van der Waals surface area (Å²) in [7, 11) is 0. The second-order valence-electron chi connectivity index (χ2n) is 8.55. The van der Waals surface area contributed by atoms with Gasteiger partial charge in [0.05, 0.1) is 10.6 Å². The maximum Gasteiger partial charge on any atom is 0.249 e. The van der Waals surface area contributed by atoms with Crippen molar-refractivity contribution in [2.24, 2.45) is 0 Å². The number of nitrogens with zero attached hydrogens (tertiary/aromatic N) is 4. The molecule has 1 unspecified atom stereocenters. The van der Waals surface area contributed by atoms with E-state index in [4.69, 9.17) is 16.0 Å². The molecule has 0 aliphatic carbocycles. The lowest BCUT2D eigenvalue weighted by Gasteiger charge is -2.39. The Morgan fingerprint density at radius 1 is 0.848 bits per heavy atom. The minimum absolute atomic E-state index is 0.101. The zero-order chi connectivity index (χ0) is 22.8. The number of aromatic nitrogens is 2. The molecule has 1 aliphatic heterocycles. The average Bonchev–Trinajstić information content (AvgIpc) is 3.30. The van der Waals surface area contributed by atoms with Gasteiger partial charge in [-0.2, -0.15) is 0 Å². The van der Waals surface area contributed by atoms with Crippen molar-refractivity contribution in [3.8, 4) is 11.5 Å². The fourth-order valence-electron chi connectivity index (χ4n) is 4.61. The van der Waals surface area contributed by atoms with E-state index >= 15 is 0 Å². The van der Waals surface area contributed by atoms with Gasteiger partial charge in [0.15, 0.2) is 0 Å². The molecular weight excluding hydrogens is 432 g/mol. The van der Waals surface area contributed by atoms with Crippen molar-refractivity contribution < 1.29 is 4.42 Å². The number of benzene rings is 3. The average molecular weight is 459 g/mol. The molecule has 0 bridgehead atoms. The van der Waals surface area contributed by atoms with E-state index in [0.717, 1.165) is 37.3 Å². The van der Waals surface area contributed by atoms with Gasteiger partial charge in [0.25, 0.3) is 0 Å². The van der Waals surface area contributed by atoms with Crippen molar-refractivity contribution in [2.45, 2.75) is 19.9 Å². The first kappa shape index (κ1) is 21.7. The van der Waals surface area contributed by atoms with Crippen LogP contribution in [-0.4, -0.2) is 41.3 Å². The van der Waals surface area contributed by atoms with Crippen molar-refractivity contribution in [1.82, 2.24) is 15.1 Å². The number of hydrogen-bond donors (Lipinski definition) is 0. The molecule has 0 N–H and O–H groups in total. The summed E-state index contributed by atoms with van der Waals surface area (Å²) in [6, 6.07) is 24.5. The van der Waals surface area contributed by atoms with Crippen molar-refractivity contribution in [3.63, 3.8) is 0 Å². The molecule has 168 valence electrons. The highest BCUT2D eigenvalue weighted by Crippen LogP contribution is 2.33. The molecule has 5 nitrogen and oxygen atoms in total. The minimum atomic E-state index is -0.101. The summed E-state index contributed by atoms with van der Waals surface area (Å²) >= 11 is 6.37. The Kier molecular flexibility index (Phi) is 6.16. The van der Waals surface area contributed by atoms with Gasteiger partial charge in [-0.15, -0.1) is 10.2 Å². The second-order valence-corrected chi connectivity index (χ2v) is 8.96. The number of anilines is 1. The Labute approximate surface area is 199 Å². The molecule has 3 aromatic carbocycles. The van der Waals surface area contributed by atoms with E-state index in [1.54, 1.807) is 0 Å². The van der Waals surface area contributed by atoms with Gasteiger partial charge in [0.1, 0.15) is 6.04 Å². The number of hydrogen-bond acceptors (Lipinski definition) is 5. The maximum absolute atomic E-state index is 6.37. The first-order chi connectivity index (χ1) is 16.1. The van der Waals surface area contributed by atoms with Gasteiger partial charge in [-0.25, -0.2) is 0 Å². The molecule has 1 aromatic heterocycles. The summed E-state index contributed by atoms with van der Waals surface area (Å²) in [5, 5.41) is 9.39. The van der Waals surface area contributed by atoms with Crippen LogP contribution in [0.15, 0.2) is 77.2 Å². The Morgan fingerprint density at radius 2 is 1.58 bits per heavy atom. The second kappa shape index (κ2) is 9.38. The molecule has 0 radical (unpaired) electrons. The van der Waals surface area contributed by atoms with E-state index in [1.807, 2.05) is 30.3 Å². The number of aryl methyl sites for hydroxylation is 2. The Hall–Kier alpha value is -3.15. The summed E-state index contributed by atoms with van der Waals surface area (Å²) in [5.41, 5.74) is 5.83. The fraction of sp³-hybridized carbons (Fsp3) is 0.259. The maximum atomic E-state index is 6.37. The van der Waals surface area contributed by atoms with Crippen LogP contribution in [0.4, 0.5) is 5.69 Å². The smallest absolute Gasteiger partial charge is 0.249 e. The van der Waals surface area contributed by atoms with Crippen LogP contribution in [0.2, 0.25) is 5.02 Å². The number of halogens is 1. The van der Waals surface area contributed by atoms with Crippen molar-refractivity contribution in [3.05, 3.63) is 100 Å². The van der Waals surface area contributed by atoms with Gasteiger partial charge in [-0.05, 0) is 43.2 Å². The van der Waals surface area contributed by atoms with Crippen molar-refractivity contribution >= 4 is 17.3 Å². The van der Waals surface area contributed by atoms with Gasteiger partial charge in [-0.3, -0.25) is 4.90 Å².